The van der Waals surface area contributed by atoms with Crippen LogP contribution in [0.2, 0.25) is 0 Å². The first-order valence-electron chi connectivity index (χ1n) is 14.9. The van der Waals surface area contributed by atoms with Gasteiger partial charge in [0.1, 0.15) is 0 Å². The molecule has 0 aromatic carbocycles. The summed E-state index contributed by atoms with van der Waals surface area (Å²) >= 11 is 0. The van der Waals surface area contributed by atoms with Gasteiger partial charge in [-0.1, -0.05) is 97.0 Å². The predicted octanol–water partition coefficient (Wildman–Crippen LogP) is 10.3. The maximum Gasteiger partial charge on any atom is 0.256 e. The minimum absolute atomic E-state index is 0.0737. The van der Waals surface area contributed by atoms with Gasteiger partial charge in [0, 0.05) is 18.3 Å². The van der Waals surface area contributed by atoms with Crippen LogP contribution in [0.3, 0.4) is 0 Å². The van der Waals surface area contributed by atoms with Crippen molar-refractivity contribution in [2.45, 2.75) is 148 Å². The topological polar surface area (TPSA) is 12.9 Å². The molecule has 2 aliphatic rings. The van der Waals surface area contributed by atoms with Crippen molar-refractivity contribution < 1.29 is 8.78 Å². The highest BCUT2D eigenvalue weighted by Gasteiger charge is 2.48. The zero-order valence-electron chi connectivity index (χ0n) is 22.2. The number of rotatable bonds is 14. The quantitative estimate of drug-likeness (QED) is 0.244. The van der Waals surface area contributed by atoms with Crippen LogP contribution in [-0.4, -0.2) is 10.9 Å². The van der Waals surface area contributed by atoms with E-state index in [0.717, 1.165) is 18.8 Å². The minimum Gasteiger partial charge on any atom is -0.260 e. The highest BCUT2D eigenvalue weighted by Crippen LogP contribution is 2.51. The number of alkyl halides is 2. The molecular formula is C31H51F2N. The van der Waals surface area contributed by atoms with Gasteiger partial charge in [-0.3, -0.25) is 4.98 Å². The first-order chi connectivity index (χ1) is 16.5. The molecule has 2 aliphatic carbocycles. The van der Waals surface area contributed by atoms with Crippen LogP contribution in [0.25, 0.3) is 0 Å². The summed E-state index contributed by atoms with van der Waals surface area (Å²) in [4.78, 5) is 4.54. The van der Waals surface area contributed by atoms with E-state index < -0.39 is 11.8 Å². The van der Waals surface area contributed by atoms with E-state index in [9.17, 15) is 0 Å². The minimum atomic E-state index is -2.62. The van der Waals surface area contributed by atoms with Gasteiger partial charge in [-0.15, -0.1) is 0 Å². The number of unbranched alkanes of at least 4 members (excludes halogenated alkanes) is 8. The van der Waals surface area contributed by atoms with Crippen LogP contribution >= 0.6 is 0 Å². The van der Waals surface area contributed by atoms with Crippen molar-refractivity contribution in [3.63, 3.8) is 0 Å². The second-order valence-electron chi connectivity index (χ2n) is 11.6. The maximum atomic E-state index is 15.3. The molecule has 0 aliphatic heterocycles. The first kappa shape index (κ1) is 27.6. The lowest BCUT2D eigenvalue weighted by molar-refractivity contribution is -0.0855. The van der Waals surface area contributed by atoms with Gasteiger partial charge in [0.15, 0.2) is 0 Å². The fraction of sp³-hybridized carbons (Fsp3) is 0.839. The van der Waals surface area contributed by atoms with Gasteiger partial charge in [-0.25, -0.2) is 8.78 Å². The Morgan fingerprint density at radius 2 is 1.41 bits per heavy atom. The molecule has 0 amide bonds. The van der Waals surface area contributed by atoms with E-state index in [4.69, 9.17) is 0 Å². The SMILES string of the molecule is CCCCCCCCCc1ccc([C@H]2CC[C@H](C3CCC(CCCCC)CC3)CC2(F)F)nc1. The molecule has 194 valence electrons. The largest absolute Gasteiger partial charge is 0.260 e. The van der Waals surface area contributed by atoms with Gasteiger partial charge in [0.25, 0.3) is 5.92 Å². The van der Waals surface area contributed by atoms with Gasteiger partial charge in [-0.2, -0.15) is 0 Å². The molecule has 0 N–H and O–H groups in total. The zero-order chi connectivity index (χ0) is 24.2. The molecule has 1 heterocycles. The third kappa shape index (κ3) is 8.59. The summed E-state index contributed by atoms with van der Waals surface area (Å²) in [5.74, 6) is -1.73. The van der Waals surface area contributed by atoms with Crippen LogP contribution in [0.1, 0.15) is 147 Å². The second kappa shape index (κ2) is 14.5. The summed E-state index contributed by atoms with van der Waals surface area (Å²) in [6, 6.07) is 3.96. The number of hydrogen-bond donors (Lipinski definition) is 0. The molecule has 2 atom stereocenters. The van der Waals surface area contributed by atoms with Crippen molar-refractivity contribution in [3.8, 4) is 0 Å². The predicted molar refractivity (Wildman–Crippen MR) is 141 cm³/mol. The summed E-state index contributed by atoms with van der Waals surface area (Å²) in [5, 5.41) is 0. The van der Waals surface area contributed by atoms with Crippen LogP contribution < -0.4 is 0 Å². The average molecular weight is 476 g/mol. The highest BCUT2D eigenvalue weighted by molar-refractivity contribution is 5.20. The fourth-order valence-corrected chi connectivity index (χ4v) is 6.66. The molecule has 3 rings (SSSR count). The molecule has 0 saturated heterocycles. The molecule has 1 nitrogen and oxygen atoms in total. The molecule has 1 aromatic rings. The van der Waals surface area contributed by atoms with E-state index >= 15 is 8.78 Å². The van der Waals surface area contributed by atoms with Gasteiger partial charge in [0.2, 0.25) is 0 Å². The lowest BCUT2D eigenvalue weighted by atomic mass is 9.67. The van der Waals surface area contributed by atoms with Crippen LogP contribution in [0.4, 0.5) is 8.78 Å². The third-order valence-electron chi connectivity index (χ3n) is 8.92. The van der Waals surface area contributed by atoms with Crippen LogP contribution in [0, 0.1) is 17.8 Å². The van der Waals surface area contributed by atoms with Crippen molar-refractivity contribution >= 4 is 0 Å². The molecule has 2 saturated carbocycles. The lowest BCUT2D eigenvalue weighted by Gasteiger charge is -2.41. The first-order valence-corrected chi connectivity index (χ1v) is 14.9. The van der Waals surface area contributed by atoms with E-state index in [1.165, 1.54) is 102 Å². The molecule has 0 bridgehead atoms. The Kier molecular flexibility index (Phi) is 11.8. The molecule has 2 fully saturated rings. The number of pyridine rings is 1. The number of aryl methyl sites for hydroxylation is 1. The zero-order valence-corrected chi connectivity index (χ0v) is 22.2. The van der Waals surface area contributed by atoms with Crippen molar-refractivity contribution in [1.29, 1.82) is 0 Å². The maximum absolute atomic E-state index is 15.3. The van der Waals surface area contributed by atoms with Crippen molar-refractivity contribution in [1.82, 2.24) is 4.98 Å². The molecule has 0 radical (unpaired) electrons. The molecule has 0 unspecified atom stereocenters. The van der Waals surface area contributed by atoms with Crippen LogP contribution in [0.15, 0.2) is 18.3 Å². The highest BCUT2D eigenvalue weighted by atomic mass is 19.3. The Hall–Kier alpha value is -0.990. The lowest BCUT2D eigenvalue weighted by Crippen LogP contribution is -2.38. The molecule has 34 heavy (non-hydrogen) atoms. The van der Waals surface area contributed by atoms with Crippen LogP contribution in [-0.2, 0) is 6.42 Å². The normalized spacial score (nSPS) is 27.1. The fourth-order valence-electron chi connectivity index (χ4n) is 6.66. The molecule has 3 heteroatoms. The Morgan fingerprint density at radius 1 is 0.765 bits per heavy atom. The van der Waals surface area contributed by atoms with Gasteiger partial charge in [-0.05, 0) is 67.9 Å². The van der Waals surface area contributed by atoms with E-state index in [2.05, 4.69) is 24.9 Å². The van der Waals surface area contributed by atoms with Crippen molar-refractivity contribution in [2.75, 3.05) is 0 Å². The Labute approximate surface area is 208 Å². The summed E-state index contributed by atoms with van der Waals surface area (Å²) in [6.07, 6.45) is 23.8. The number of hydrogen-bond acceptors (Lipinski definition) is 1. The second-order valence-corrected chi connectivity index (χ2v) is 11.6. The van der Waals surface area contributed by atoms with Gasteiger partial charge in [0.05, 0.1) is 5.92 Å². The summed E-state index contributed by atoms with van der Waals surface area (Å²) < 4.78 is 30.6. The monoisotopic (exact) mass is 475 g/mol. The van der Waals surface area contributed by atoms with Crippen molar-refractivity contribution in [2.24, 2.45) is 17.8 Å². The van der Waals surface area contributed by atoms with Crippen LogP contribution in [0.5, 0.6) is 0 Å². The average Bonchev–Trinajstić information content (AvgIpc) is 2.84. The third-order valence-corrected chi connectivity index (χ3v) is 8.92. The summed E-state index contributed by atoms with van der Waals surface area (Å²) in [7, 11) is 0. The Bertz CT molecular complexity index is 663. The van der Waals surface area contributed by atoms with Gasteiger partial charge < -0.3 is 0 Å². The Balaban J connectivity index is 1.41. The van der Waals surface area contributed by atoms with E-state index in [1.54, 1.807) is 0 Å². The smallest absolute Gasteiger partial charge is 0.256 e. The molecular weight excluding hydrogens is 424 g/mol. The standard InChI is InChI=1S/C31H51F2N/c1-3-5-7-8-9-10-12-14-26-17-22-30(34-24-26)29-21-20-28(23-31(29,32)33)27-18-15-25(16-19-27)13-11-6-4-2/h17,22,24-25,27-29H,3-16,18-21,23H2,1-2H3/t25?,27?,28-,29+/m0/s1. The number of nitrogens with zero attached hydrogens (tertiary/aromatic N) is 1. The van der Waals surface area contributed by atoms with Crippen molar-refractivity contribution in [3.05, 3.63) is 29.6 Å². The number of aromatic nitrogens is 1. The van der Waals surface area contributed by atoms with E-state index in [0.29, 0.717) is 18.0 Å². The van der Waals surface area contributed by atoms with E-state index in [-0.39, 0.29) is 12.3 Å². The molecule has 1 aromatic heterocycles. The van der Waals surface area contributed by atoms with E-state index in [1.807, 2.05) is 12.3 Å². The summed E-state index contributed by atoms with van der Waals surface area (Å²) in [5.41, 5.74) is 1.82. The Morgan fingerprint density at radius 3 is 2.06 bits per heavy atom. The van der Waals surface area contributed by atoms with Gasteiger partial charge >= 0.3 is 0 Å². The summed E-state index contributed by atoms with van der Waals surface area (Å²) in [6.45, 7) is 4.51. The number of halogens is 2. The molecule has 0 spiro atoms.